The summed E-state index contributed by atoms with van der Waals surface area (Å²) in [6, 6.07) is 0. The zero-order valence-corrected chi connectivity index (χ0v) is 9.50. The lowest BCUT2D eigenvalue weighted by Gasteiger charge is -2.30. The number of rotatable bonds is 3. The minimum absolute atomic E-state index is 0.381. The second-order valence-electron chi connectivity index (χ2n) is 3.59. The van der Waals surface area contributed by atoms with Crippen LogP contribution in [0.2, 0.25) is 0 Å². The number of thiazole rings is 1. The van der Waals surface area contributed by atoms with Crippen molar-refractivity contribution < 1.29 is 9.53 Å². The molecule has 1 fully saturated rings. The molecule has 1 aliphatic rings. The zero-order chi connectivity index (χ0) is 10.7. The smallest absolute Gasteiger partial charge is 0.185 e. The van der Waals surface area contributed by atoms with Gasteiger partial charge in [-0.25, -0.2) is 4.98 Å². The summed E-state index contributed by atoms with van der Waals surface area (Å²) in [6.07, 6.45) is 3.24. The van der Waals surface area contributed by atoms with Crippen molar-refractivity contribution in [2.75, 3.05) is 25.1 Å². The molecule has 0 radical (unpaired) electrons. The molecule has 0 atom stereocenters. The molecule has 1 aliphatic heterocycles. The molecule has 4 nitrogen and oxygen atoms in total. The summed E-state index contributed by atoms with van der Waals surface area (Å²) in [7, 11) is 1.76. The first-order valence-electron chi connectivity index (χ1n) is 5.02. The molecule has 15 heavy (non-hydrogen) atoms. The largest absolute Gasteiger partial charge is 0.381 e. The number of carbonyl (C=O) groups is 1. The Morgan fingerprint density at radius 2 is 2.33 bits per heavy atom. The van der Waals surface area contributed by atoms with Crippen molar-refractivity contribution >= 4 is 22.8 Å². The molecule has 0 saturated carbocycles. The fourth-order valence-corrected chi connectivity index (χ4v) is 2.58. The summed E-state index contributed by atoms with van der Waals surface area (Å²) >= 11 is 1.53. The van der Waals surface area contributed by atoms with E-state index in [1.807, 2.05) is 0 Å². The van der Waals surface area contributed by atoms with Crippen LogP contribution in [0.3, 0.4) is 0 Å². The van der Waals surface area contributed by atoms with E-state index in [9.17, 15) is 4.79 Å². The van der Waals surface area contributed by atoms with Crippen LogP contribution >= 0.6 is 11.3 Å². The number of piperidine rings is 1. The average molecular weight is 226 g/mol. The summed E-state index contributed by atoms with van der Waals surface area (Å²) in [5, 5.41) is 2.75. The van der Waals surface area contributed by atoms with Crippen LogP contribution in [-0.4, -0.2) is 37.6 Å². The van der Waals surface area contributed by atoms with Crippen LogP contribution < -0.4 is 4.90 Å². The summed E-state index contributed by atoms with van der Waals surface area (Å²) in [4.78, 5) is 17.0. The Balaban J connectivity index is 1.97. The van der Waals surface area contributed by atoms with E-state index < -0.39 is 0 Å². The lowest BCUT2D eigenvalue weighted by Crippen LogP contribution is -2.36. The fraction of sp³-hybridized carbons (Fsp3) is 0.600. The van der Waals surface area contributed by atoms with Gasteiger partial charge in [-0.15, -0.1) is 11.3 Å². The first-order chi connectivity index (χ1) is 7.33. The SMILES string of the molecule is COC1CCN(c2nc(C=O)cs2)CC1. The van der Waals surface area contributed by atoms with Crippen molar-refractivity contribution in [1.82, 2.24) is 4.98 Å². The van der Waals surface area contributed by atoms with Gasteiger partial charge in [0.15, 0.2) is 11.4 Å². The highest BCUT2D eigenvalue weighted by molar-refractivity contribution is 7.13. The Kier molecular flexibility index (Phi) is 3.33. The molecule has 0 N–H and O–H groups in total. The normalized spacial score (nSPS) is 18.1. The molecule has 0 aliphatic carbocycles. The monoisotopic (exact) mass is 226 g/mol. The van der Waals surface area contributed by atoms with Gasteiger partial charge in [0.1, 0.15) is 5.69 Å². The highest BCUT2D eigenvalue weighted by Crippen LogP contribution is 2.24. The highest BCUT2D eigenvalue weighted by atomic mass is 32.1. The van der Waals surface area contributed by atoms with Gasteiger partial charge in [-0.05, 0) is 12.8 Å². The number of aromatic nitrogens is 1. The average Bonchev–Trinajstić information content (AvgIpc) is 2.78. The number of aldehydes is 1. The lowest BCUT2D eigenvalue weighted by atomic mass is 10.1. The van der Waals surface area contributed by atoms with Crippen molar-refractivity contribution in [3.63, 3.8) is 0 Å². The van der Waals surface area contributed by atoms with E-state index in [4.69, 9.17) is 4.74 Å². The number of ether oxygens (including phenoxy) is 1. The Morgan fingerprint density at radius 1 is 1.60 bits per heavy atom. The van der Waals surface area contributed by atoms with Crippen molar-refractivity contribution in [1.29, 1.82) is 0 Å². The van der Waals surface area contributed by atoms with Gasteiger partial charge in [-0.2, -0.15) is 0 Å². The molecule has 0 unspecified atom stereocenters. The summed E-state index contributed by atoms with van der Waals surface area (Å²) in [5.74, 6) is 0. The van der Waals surface area contributed by atoms with E-state index in [1.54, 1.807) is 12.5 Å². The molecule has 5 heteroatoms. The van der Waals surface area contributed by atoms with Gasteiger partial charge in [-0.3, -0.25) is 4.79 Å². The van der Waals surface area contributed by atoms with E-state index in [1.165, 1.54) is 11.3 Å². The number of anilines is 1. The number of carbonyl (C=O) groups excluding carboxylic acids is 1. The quantitative estimate of drug-likeness (QED) is 0.734. The number of nitrogens with zero attached hydrogens (tertiary/aromatic N) is 2. The van der Waals surface area contributed by atoms with Gasteiger partial charge >= 0.3 is 0 Å². The predicted octanol–water partition coefficient (Wildman–Crippen LogP) is 1.57. The molecule has 2 heterocycles. The van der Waals surface area contributed by atoms with Crippen LogP contribution in [0.4, 0.5) is 5.13 Å². The van der Waals surface area contributed by atoms with E-state index in [0.717, 1.165) is 37.3 Å². The van der Waals surface area contributed by atoms with Crippen molar-refractivity contribution in [3.8, 4) is 0 Å². The Labute approximate surface area is 92.9 Å². The Morgan fingerprint density at radius 3 is 2.87 bits per heavy atom. The fourth-order valence-electron chi connectivity index (χ4n) is 1.76. The first-order valence-corrected chi connectivity index (χ1v) is 5.90. The lowest BCUT2D eigenvalue weighted by molar-refractivity contribution is 0.0819. The maximum absolute atomic E-state index is 10.5. The van der Waals surface area contributed by atoms with Crippen LogP contribution in [0, 0.1) is 0 Å². The second-order valence-corrected chi connectivity index (χ2v) is 4.43. The van der Waals surface area contributed by atoms with E-state index in [2.05, 4.69) is 9.88 Å². The molecule has 0 amide bonds. The third kappa shape index (κ3) is 2.35. The first kappa shape index (κ1) is 10.6. The molecule has 0 bridgehead atoms. The summed E-state index contributed by atoms with van der Waals surface area (Å²) in [5.41, 5.74) is 0.531. The van der Waals surface area contributed by atoms with E-state index >= 15 is 0 Å². The highest BCUT2D eigenvalue weighted by Gasteiger charge is 2.20. The molecule has 1 aromatic rings. The predicted molar refractivity (Wildman–Crippen MR) is 59.7 cm³/mol. The standard InChI is InChI=1S/C10H14N2O2S/c1-14-9-2-4-12(5-3-9)10-11-8(6-13)7-15-10/h6-7,9H,2-5H2,1H3. The van der Waals surface area contributed by atoms with E-state index in [-0.39, 0.29) is 0 Å². The molecule has 0 spiro atoms. The molecular formula is C10H14N2O2S. The van der Waals surface area contributed by atoms with Gasteiger partial charge in [0, 0.05) is 25.6 Å². The van der Waals surface area contributed by atoms with Gasteiger partial charge in [0.05, 0.1) is 6.10 Å². The minimum atomic E-state index is 0.381. The second kappa shape index (κ2) is 4.72. The van der Waals surface area contributed by atoms with Gasteiger partial charge in [-0.1, -0.05) is 0 Å². The van der Waals surface area contributed by atoms with Gasteiger partial charge < -0.3 is 9.64 Å². The molecule has 1 saturated heterocycles. The van der Waals surface area contributed by atoms with Crippen molar-refractivity contribution in [2.24, 2.45) is 0 Å². The molecule has 2 rings (SSSR count). The van der Waals surface area contributed by atoms with Crippen LogP contribution in [0.5, 0.6) is 0 Å². The third-order valence-corrected chi connectivity index (χ3v) is 3.60. The number of hydrogen-bond acceptors (Lipinski definition) is 5. The molecular weight excluding hydrogens is 212 g/mol. The maximum Gasteiger partial charge on any atom is 0.185 e. The Hall–Kier alpha value is -0.940. The topological polar surface area (TPSA) is 42.4 Å². The van der Waals surface area contributed by atoms with Crippen LogP contribution in [0.1, 0.15) is 23.3 Å². The van der Waals surface area contributed by atoms with Crippen molar-refractivity contribution in [3.05, 3.63) is 11.1 Å². The molecule has 0 aromatic carbocycles. The Bertz CT molecular complexity index is 332. The van der Waals surface area contributed by atoms with Crippen LogP contribution in [0.25, 0.3) is 0 Å². The van der Waals surface area contributed by atoms with Crippen LogP contribution in [0.15, 0.2) is 5.38 Å². The van der Waals surface area contributed by atoms with Gasteiger partial charge in [0.2, 0.25) is 0 Å². The number of methoxy groups -OCH3 is 1. The summed E-state index contributed by atoms with van der Waals surface area (Å²) < 4.78 is 5.30. The maximum atomic E-state index is 10.5. The third-order valence-electron chi connectivity index (χ3n) is 2.68. The van der Waals surface area contributed by atoms with E-state index in [0.29, 0.717) is 11.8 Å². The summed E-state index contributed by atoms with van der Waals surface area (Å²) in [6.45, 7) is 1.93. The minimum Gasteiger partial charge on any atom is -0.381 e. The van der Waals surface area contributed by atoms with Crippen LogP contribution in [-0.2, 0) is 4.74 Å². The molecule has 82 valence electrons. The van der Waals surface area contributed by atoms with Crippen molar-refractivity contribution in [2.45, 2.75) is 18.9 Å². The van der Waals surface area contributed by atoms with Gasteiger partial charge in [0.25, 0.3) is 0 Å². The molecule has 1 aromatic heterocycles. The zero-order valence-electron chi connectivity index (χ0n) is 8.68. The number of hydrogen-bond donors (Lipinski definition) is 0.